The van der Waals surface area contributed by atoms with E-state index in [2.05, 4.69) is 25.7 Å². The molecule has 0 aliphatic heterocycles. The molecule has 2 aromatic carbocycles. The van der Waals surface area contributed by atoms with Crippen LogP contribution in [0.2, 0.25) is 0 Å². The van der Waals surface area contributed by atoms with Crippen LogP contribution >= 0.6 is 0 Å². The van der Waals surface area contributed by atoms with Gasteiger partial charge in [-0.3, -0.25) is 4.79 Å². The van der Waals surface area contributed by atoms with Crippen molar-refractivity contribution in [3.05, 3.63) is 65.7 Å². The number of hydrogen-bond donors (Lipinski definition) is 1. The third-order valence-electron chi connectivity index (χ3n) is 3.90. The Labute approximate surface area is 149 Å². The smallest absolute Gasteiger partial charge is 0.255 e. The largest absolute Gasteiger partial charge is 0.496 e. The van der Waals surface area contributed by atoms with Gasteiger partial charge in [0.15, 0.2) is 0 Å². The Morgan fingerprint density at radius 3 is 2.68 bits per heavy atom. The summed E-state index contributed by atoms with van der Waals surface area (Å²) in [5.74, 6) is 1.61. The number of benzene rings is 2. The van der Waals surface area contributed by atoms with E-state index in [1.807, 2.05) is 37.3 Å². The van der Waals surface area contributed by atoms with Gasteiger partial charge in [0.05, 0.1) is 7.11 Å². The first-order valence-electron chi connectivity index (χ1n) is 8.30. The maximum absolute atomic E-state index is 12.7. The number of aryl methyl sites for hydroxylation is 1. The average molecular weight is 339 g/mol. The van der Waals surface area contributed by atoms with E-state index in [0.717, 1.165) is 16.9 Å². The Morgan fingerprint density at radius 2 is 2.04 bits per heavy atom. The maximum Gasteiger partial charge on any atom is 0.255 e. The molecule has 2 aromatic rings. The van der Waals surface area contributed by atoms with Crippen LogP contribution in [0, 0.1) is 6.92 Å². The van der Waals surface area contributed by atoms with E-state index in [4.69, 9.17) is 9.47 Å². The topological polar surface area (TPSA) is 47.6 Å². The molecule has 0 radical (unpaired) electrons. The van der Waals surface area contributed by atoms with Crippen LogP contribution < -0.4 is 14.8 Å². The molecule has 1 N–H and O–H groups in total. The van der Waals surface area contributed by atoms with Crippen LogP contribution in [0.4, 0.5) is 5.69 Å². The van der Waals surface area contributed by atoms with Gasteiger partial charge in [-0.2, -0.15) is 0 Å². The van der Waals surface area contributed by atoms with Crippen molar-refractivity contribution in [2.24, 2.45) is 0 Å². The lowest BCUT2D eigenvalue weighted by atomic mass is 9.96. The Kier molecular flexibility index (Phi) is 6.23. The van der Waals surface area contributed by atoms with E-state index in [1.165, 1.54) is 0 Å². The lowest BCUT2D eigenvalue weighted by Gasteiger charge is -2.16. The van der Waals surface area contributed by atoms with Crippen LogP contribution in [-0.4, -0.2) is 19.6 Å². The Bertz CT molecular complexity index is 766. The van der Waals surface area contributed by atoms with Crippen LogP contribution in [0.15, 0.2) is 49.1 Å². The highest BCUT2D eigenvalue weighted by Crippen LogP contribution is 2.30. The summed E-state index contributed by atoms with van der Waals surface area (Å²) < 4.78 is 10.9. The van der Waals surface area contributed by atoms with Crippen molar-refractivity contribution in [1.82, 2.24) is 0 Å². The molecule has 0 aliphatic carbocycles. The fraction of sp³-hybridized carbons (Fsp3) is 0.286. The molecule has 4 heteroatoms. The fourth-order valence-electron chi connectivity index (χ4n) is 2.59. The number of hydrogen-bond acceptors (Lipinski definition) is 3. The molecule has 1 amide bonds. The number of methoxy groups -OCH3 is 1. The SMILES string of the molecule is C=CCOc1cccc(NC(=O)c2cc(C(C)C)c(OC)cc2C)c1. The molecule has 0 saturated heterocycles. The Morgan fingerprint density at radius 1 is 1.28 bits per heavy atom. The molecule has 4 nitrogen and oxygen atoms in total. The highest BCUT2D eigenvalue weighted by molar-refractivity contribution is 6.05. The number of amides is 1. The summed E-state index contributed by atoms with van der Waals surface area (Å²) in [6.45, 7) is 10.1. The second-order valence-corrected chi connectivity index (χ2v) is 6.15. The molecule has 25 heavy (non-hydrogen) atoms. The van der Waals surface area contributed by atoms with Gasteiger partial charge in [0.1, 0.15) is 18.1 Å². The minimum atomic E-state index is -0.150. The number of carbonyl (C=O) groups excluding carboxylic acids is 1. The van der Waals surface area contributed by atoms with E-state index in [9.17, 15) is 4.79 Å². The van der Waals surface area contributed by atoms with Crippen molar-refractivity contribution in [3.8, 4) is 11.5 Å². The summed E-state index contributed by atoms with van der Waals surface area (Å²) in [4.78, 5) is 12.7. The van der Waals surface area contributed by atoms with Crippen molar-refractivity contribution >= 4 is 11.6 Å². The van der Waals surface area contributed by atoms with E-state index >= 15 is 0 Å². The van der Waals surface area contributed by atoms with Crippen molar-refractivity contribution < 1.29 is 14.3 Å². The Balaban J connectivity index is 2.26. The number of carbonyl (C=O) groups is 1. The van der Waals surface area contributed by atoms with Crippen LogP contribution in [-0.2, 0) is 0 Å². The van der Waals surface area contributed by atoms with Gasteiger partial charge in [-0.15, -0.1) is 0 Å². The first-order chi connectivity index (χ1) is 12.0. The number of nitrogens with one attached hydrogen (secondary N) is 1. The minimum absolute atomic E-state index is 0.150. The first-order valence-corrected chi connectivity index (χ1v) is 8.30. The van der Waals surface area contributed by atoms with E-state index in [-0.39, 0.29) is 11.8 Å². The van der Waals surface area contributed by atoms with Crippen LogP contribution in [0.25, 0.3) is 0 Å². The average Bonchev–Trinajstić information content (AvgIpc) is 2.59. The third-order valence-corrected chi connectivity index (χ3v) is 3.90. The summed E-state index contributed by atoms with van der Waals surface area (Å²) in [6.07, 6.45) is 1.68. The van der Waals surface area contributed by atoms with Crippen molar-refractivity contribution in [1.29, 1.82) is 0 Å². The summed E-state index contributed by atoms with van der Waals surface area (Å²) >= 11 is 0. The summed E-state index contributed by atoms with van der Waals surface area (Å²) in [5, 5.41) is 2.93. The third kappa shape index (κ3) is 4.63. The zero-order chi connectivity index (χ0) is 18.4. The van der Waals surface area contributed by atoms with Gasteiger partial charge in [0.25, 0.3) is 5.91 Å². The van der Waals surface area contributed by atoms with Gasteiger partial charge in [0, 0.05) is 17.3 Å². The van der Waals surface area contributed by atoms with Gasteiger partial charge in [-0.05, 0) is 48.2 Å². The first kappa shape index (κ1) is 18.6. The molecular weight excluding hydrogens is 314 g/mol. The molecule has 0 spiro atoms. The number of anilines is 1. The number of ether oxygens (including phenoxy) is 2. The molecule has 0 fully saturated rings. The summed E-state index contributed by atoms with van der Waals surface area (Å²) in [5.41, 5.74) is 3.22. The van der Waals surface area contributed by atoms with Crippen LogP contribution in [0.5, 0.6) is 11.5 Å². The van der Waals surface area contributed by atoms with E-state index in [0.29, 0.717) is 23.6 Å². The van der Waals surface area contributed by atoms with Gasteiger partial charge < -0.3 is 14.8 Å². The quantitative estimate of drug-likeness (QED) is 0.727. The summed E-state index contributed by atoms with van der Waals surface area (Å²) in [6, 6.07) is 11.1. The zero-order valence-electron chi connectivity index (χ0n) is 15.3. The lowest BCUT2D eigenvalue weighted by molar-refractivity contribution is 0.102. The lowest BCUT2D eigenvalue weighted by Crippen LogP contribution is -2.14. The molecule has 0 saturated carbocycles. The Hall–Kier alpha value is -2.75. The molecule has 0 aliphatic rings. The van der Waals surface area contributed by atoms with E-state index < -0.39 is 0 Å². The standard InChI is InChI=1S/C21H25NO3/c1-6-10-25-17-9-7-8-16(12-17)22-21(23)19-13-18(14(2)3)20(24-5)11-15(19)4/h6-9,11-14H,1,10H2,2-5H3,(H,22,23). The monoisotopic (exact) mass is 339 g/mol. The predicted octanol–water partition coefficient (Wildman–Crippen LogP) is 4.94. The number of rotatable bonds is 7. The molecule has 0 aromatic heterocycles. The minimum Gasteiger partial charge on any atom is -0.496 e. The molecule has 0 heterocycles. The molecule has 0 atom stereocenters. The maximum atomic E-state index is 12.7. The van der Waals surface area contributed by atoms with Gasteiger partial charge in [-0.25, -0.2) is 0 Å². The molecule has 132 valence electrons. The van der Waals surface area contributed by atoms with E-state index in [1.54, 1.807) is 19.3 Å². The molecule has 0 bridgehead atoms. The molecule has 0 unspecified atom stereocenters. The van der Waals surface area contributed by atoms with Crippen molar-refractivity contribution in [2.45, 2.75) is 26.7 Å². The summed E-state index contributed by atoms with van der Waals surface area (Å²) in [7, 11) is 1.65. The van der Waals surface area contributed by atoms with Gasteiger partial charge in [0.2, 0.25) is 0 Å². The normalized spacial score (nSPS) is 10.4. The van der Waals surface area contributed by atoms with Gasteiger partial charge in [-0.1, -0.05) is 32.6 Å². The second kappa shape index (κ2) is 8.38. The van der Waals surface area contributed by atoms with Crippen molar-refractivity contribution in [2.75, 3.05) is 19.0 Å². The fourth-order valence-corrected chi connectivity index (χ4v) is 2.59. The second-order valence-electron chi connectivity index (χ2n) is 6.15. The molecular formula is C21H25NO3. The highest BCUT2D eigenvalue weighted by Gasteiger charge is 2.16. The van der Waals surface area contributed by atoms with Crippen molar-refractivity contribution in [3.63, 3.8) is 0 Å². The molecule has 2 rings (SSSR count). The predicted molar refractivity (Wildman–Crippen MR) is 102 cm³/mol. The van der Waals surface area contributed by atoms with Crippen LogP contribution in [0.3, 0.4) is 0 Å². The van der Waals surface area contributed by atoms with Crippen LogP contribution in [0.1, 0.15) is 41.3 Å². The zero-order valence-corrected chi connectivity index (χ0v) is 15.3. The van der Waals surface area contributed by atoms with Gasteiger partial charge >= 0.3 is 0 Å². The highest BCUT2D eigenvalue weighted by atomic mass is 16.5.